The zero-order valence-corrected chi connectivity index (χ0v) is 9.86. The SMILES string of the molecule is Cc1cc2nc(C(C)C(=O)O)n(C)c2cc1F. The quantitative estimate of drug-likeness (QED) is 0.869. The summed E-state index contributed by atoms with van der Waals surface area (Å²) in [6.45, 7) is 3.22. The number of carboxylic acid groups (broad SMARTS) is 1. The number of imidazole rings is 1. The number of hydrogen-bond acceptors (Lipinski definition) is 2. The molecule has 0 saturated carbocycles. The van der Waals surface area contributed by atoms with Crippen LogP contribution in [-0.2, 0) is 11.8 Å². The molecule has 4 nitrogen and oxygen atoms in total. The summed E-state index contributed by atoms with van der Waals surface area (Å²) in [7, 11) is 1.69. The highest BCUT2D eigenvalue weighted by Gasteiger charge is 2.21. The first-order chi connectivity index (χ1) is 7.91. The van der Waals surface area contributed by atoms with Crippen molar-refractivity contribution in [3.63, 3.8) is 0 Å². The molecule has 2 aromatic rings. The second-order valence-electron chi connectivity index (χ2n) is 4.18. The lowest BCUT2D eigenvalue weighted by atomic mass is 10.2. The molecule has 1 N–H and O–H groups in total. The lowest BCUT2D eigenvalue weighted by Gasteiger charge is -2.05. The molecule has 0 aliphatic heterocycles. The van der Waals surface area contributed by atoms with Crippen LogP contribution in [0.5, 0.6) is 0 Å². The molecular formula is C12H13FN2O2. The number of benzene rings is 1. The standard InChI is InChI=1S/C12H13FN2O2/c1-6-4-9-10(5-8(6)13)15(3)11(14-9)7(2)12(16)17/h4-5,7H,1-3H3,(H,16,17). The maximum Gasteiger partial charge on any atom is 0.313 e. The van der Waals surface area contributed by atoms with Gasteiger partial charge in [-0.2, -0.15) is 0 Å². The fourth-order valence-corrected chi connectivity index (χ4v) is 1.83. The first-order valence-corrected chi connectivity index (χ1v) is 5.27. The normalized spacial score (nSPS) is 12.9. The summed E-state index contributed by atoms with van der Waals surface area (Å²) in [4.78, 5) is 15.2. The molecular weight excluding hydrogens is 223 g/mol. The highest BCUT2D eigenvalue weighted by Crippen LogP contribution is 2.23. The fourth-order valence-electron chi connectivity index (χ4n) is 1.83. The van der Waals surface area contributed by atoms with Crippen molar-refractivity contribution in [3.8, 4) is 0 Å². The summed E-state index contributed by atoms with van der Waals surface area (Å²) in [6.07, 6.45) is 0. The van der Waals surface area contributed by atoms with E-state index in [4.69, 9.17) is 5.11 Å². The molecule has 1 heterocycles. The summed E-state index contributed by atoms with van der Waals surface area (Å²) in [5, 5.41) is 8.97. The van der Waals surface area contributed by atoms with Gasteiger partial charge in [0.25, 0.3) is 0 Å². The van der Waals surface area contributed by atoms with Crippen molar-refractivity contribution >= 4 is 17.0 Å². The minimum Gasteiger partial charge on any atom is -0.481 e. The van der Waals surface area contributed by atoms with Crippen LogP contribution in [0.1, 0.15) is 24.2 Å². The molecule has 90 valence electrons. The summed E-state index contributed by atoms with van der Waals surface area (Å²) >= 11 is 0. The second-order valence-corrected chi connectivity index (χ2v) is 4.18. The van der Waals surface area contributed by atoms with E-state index in [-0.39, 0.29) is 5.82 Å². The zero-order chi connectivity index (χ0) is 12.7. The molecule has 1 unspecified atom stereocenters. The predicted octanol–water partition coefficient (Wildman–Crippen LogP) is 2.21. The Morgan fingerprint density at radius 2 is 2.18 bits per heavy atom. The Morgan fingerprint density at radius 1 is 1.53 bits per heavy atom. The Balaban J connectivity index is 2.68. The molecule has 0 radical (unpaired) electrons. The summed E-state index contributed by atoms with van der Waals surface area (Å²) in [6, 6.07) is 3.01. The van der Waals surface area contributed by atoms with Crippen LogP contribution in [-0.4, -0.2) is 20.6 Å². The van der Waals surface area contributed by atoms with Gasteiger partial charge >= 0.3 is 5.97 Å². The molecule has 0 bridgehead atoms. The number of aromatic nitrogens is 2. The smallest absolute Gasteiger partial charge is 0.313 e. The van der Waals surface area contributed by atoms with Gasteiger partial charge in [-0.05, 0) is 25.5 Å². The molecule has 0 aliphatic carbocycles. The lowest BCUT2D eigenvalue weighted by Crippen LogP contribution is -2.12. The van der Waals surface area contributed by atoms with E-state index in [2.05, 4.69) is 4.98 Å². The second kappa shape index (κ2) is 3.84. The molecule has 0 saturated heterocycles. The Labute approximate surface area is 97.7 Å². The third kappa shape index (κ3) is 1.77. The molecule has 0 fully saturated rings. The minimum atomic E-state index is -0.944. The topological polar surface area (TPSA) is 55.1 Å². The number of rotatable bonds is 2. The first-order valence-electron chi connectivity index (χ1n) is 5.27. The van der Waals surface area contributed by atoms with Gasteiger partial charge in [0, 0.05) is 13.1 Å². The molecule has 1 aromatic heterocycles. The van der Waals surface area contributed by atoms with Crippen molar-refractivity contribution in [2.75, 3.05) is 0 Å². The molecule has 1 aromatic carbocycles. The number of carboxylic acids is 1. The maximum absolute atomic E-state index is 13.4. The third-order valence-electron chi connectivity index (χ3n) is 2.95. The molecule has 0 aliphatic rings. The Morgan fingerprint density at radius 3 is 2.76 bits per heavy atom. The monoisotopic (exact) mass is 236 g/mol. The van der Waals surface area contributed by atoms with Crippen molar-refractivity contribution < 1.29 is 14.3 Å². The van der Waals surface area contributed by atoms with Gasteiger partial charge in [0.2, 0.25) is 0 Å². The average molecular weight is 236 g/mol. The van der Waals surface area contributed by atoms with Gasteiger partial charge in [0.1, 0.15) is 17.6 Å². The van der Waals surface area contributed by atoms with Crippen LogP contribution in [0, 0.1) is 12.7 Å². The predicted molar refractivity (Wildman–Crippen MR) is 61.5 cm³/mol. The Hall–Kier alpha value is -1.91. The van der Waals surface area contributed by atoms with Crippen LogP contribution in [0.4, 0.5) is 4.39 Å². The molecule has 5 heteroatoms. The summed E-state index contributed by atoms with van der Waals surface area (Å²) < 4.78 is 15.1. The van der Waals surface area contributed by atoms with Crippen LogP contribution in [0.3, 0.4) is 0 Å². The highest BCUT2D eigenvalue weighted by atomic mass is 19.1. The first kappa shape index (κ1) is 11.6. The van der Waals surface area contributed by atoms with E-state index in [1.165, 1.54) is 6.07 Å². The van der Waals surface area contributed by atoms with Crippen LogP contribution in [0.25, 0.3) is 11.0 Å². The van der Waals surface area contributed by atoms with Crippen molar-refractivity contribution in [1.29, 1.82) is 0 Å². The van der Waals surface area contributed by atoms with Crippen molar-refractivity contribution in [1.82, 2.24) is 9.55 Å². The maximum atomic E-state index is 13.4. The van der Waals surface area contributed by atoms with E-state index < -0.39 is 11.9 Å². The zero-order valence-electron chi connectivity index (χ0n) is 9.86. The lowest BCUT2D eigenvalue weighted by molar-refractivity contribution is -0.138. The largest absolute Gasteiger partial charge is 0.481 e. The number of halogens is 1. The Bertz CT molecular complexity index is 604. The summed E-state index contributed by atoms with van der Waals surface area (Å²) in [5.41, 5.74) is 1.73. The van der Waals surface area contributed by atoms with Gasteiger partial charge in [-0.1, -0.05) is 0 Å². The van der Waals surface area contributed by atoms with Crippen LogP contribution < -0.4 is 0 Å². The van der Waals surface area contributed by atoms with E-state index in [0.29, 0.717) is 22.4 Å². The highest BCUT2D eigenvalue weighted by molar-refractivity contribution is 5.80. The van der Waals surface area contributed by atoms with Crippen molar-refractivity contribution in [2.24, 2.45) is 7.05 Å². The van der Waals surface area contributed by atoms with Crippen LogP contribution in [0.2, 0.25) is 0 Å². The van der Waals surface area contributed by atoms with Crippen molar-refractivity contribution in [3.05, 3.63) is 29.3 Å². The van der Waals surface area contributed by atoms with Crippen LogP contribution >= 0.6 is 0 Å². The number of aryl methyl sites for hydroxylation is 2. The molecule has 1 atom stereocenters. The van der Waals surface area contributed by atoms with Gasteiger partial charge in [-0.15, -0.1) is 0 Å². The van der Waals surface area contributed by atoms with E-state index in [0.717, 1.165) is 0 Å². The third-order valence-corrected chi connectivity index (χ3v) is 2.95. The number of carbonyl (C=O) groups is 1. The minimum absolute atomic E-state index is 0.310. The number of fused-ring (bicyclic) bond motifs is 1. The van der Waals surface area contributed by atoms with Gasteiger partial charge < -0.3 is 9.67 Å². The number of hydrogen-bond donors (Lipinski definition) is 1. The van der Waals surface area contributed by atoms with Gasteiger partial charge in [0.15, 0.2) is 0 Å². The summed E-state index contributed by atoms with van der Waals surface area (Å²) in [5.74, 6) is -1.54. The molecule has 0 spiro atoms. The number of aliphatic carboxylic acids is 1. The Kier molecular flexibility index (Phi) is 2.61. The molecule has 0 amide bonds. The molecule has 2 rings (SSSR count). The van der Waals surface area contributed by atoms with Gasteiger partial charge in [0.05, 0.1) is 11.0 Å². The van der Waals surface area contributed by atoms with Gasteiger partial charge in [-0.3, -0.25) is 4.79 Å². The van der Waals surface area contributed by atoms with Crippen LogP contribution in [0.15, 0.2) is 12.1 Å². The van der Waals surface area contributed by atoms with Gasteiger partial charge in [-0.25, -0.2) is 9.37 Å². The van der Waals surface area contributed by atoms with E-state index in [1.807, 2.05) is 0 Å². The van der Waals surface area contributed by atoms with Crippen molar-refractivity contribution in [2.45, 2.75) is 19.8 Å². The van der Waals surface area contributed by atoms with E-state index in [9.17, 15) is 9.18 Å². The molecule has 17 heavy (non-hydrogen) atoms. The van der Waals surface area contributed by atoms with E-state index >= 15 is 0 Å². The van der Waals surface area contributed by atoms with E-state index in [1.54, 1.807) is 31.5 Å². The average Bonchev–Trinajstić information content (AvgIpc) is 2.56. The number of nitrogens with zero attached hydrogens (tertiary/aromatic N) is 2. The fraction of sp³-hybridized carbons (Fsp3) is 0.333.